The van der Waals surface area contributed by atoms with Gasteiger partial charge in [-0.15, -0.1) is 0 Å². The molecule has 4 nitrogen and oxygen atoms in total. The first kappa shape index (κ1) is 16.4. The van der Waals surface area contributed by atoms with E-state index in [4.69, 9.17) is 0 Å². The molecule has 0 aliphatic carbocycles. The summed E-state index contributed by atoms with van der Waals surface area (Å²) in [6, 6.07) is 0.0247. The van der Waals surface area contributed by atoms with Crippen LogP contribution in [-0.4, -0.2) is 36.2 Å². The van der Waals surface area contributed by atoms with Gasteiger partial charge in [0.05, 0.1) is 0 Å². The third-order valence-corrected chi connectivity index (χ3v) is 3.92. The predicted molar refractivity (Wildman–Crippen MR) is 78.4 cm³/mol. The van der Waals surface area contributed by atoms with E-state index in [-0.39, 0.29) is 6.04 Å². The lowest BCUT2D eigenvalue weighted by atomic mass is 10.0. The Morgan fingerprint density at radius 3 is 2.47 bits per heavy atom. The van der Waals surface area contributed by atoms with Gasteiger partial charge >= 0.3 is 5.97 Å². The maximum atomic E-state index is 11.3. The Labute approximate surface area is 117 Å². The predicted octanol–water partition coefficient (Wildman–Crippen LogP) is 2.53. The summed E-state index contributed by atoms with van der Waals surface area (Å²) in [5.41, 5.74) is 0. The molecule has 0 bridgehead atoms. The molecule has 0 aromatic carbocycles. The van der Waals surface area contributed by atoms with Crippen molar-refractivity contribution in [1.29, 1.82) is 0 Å². The molecule has 112 valence electrons. The summed E-state index contributed by atoms with van der Waals surface area (Å²) in [5, 5.41) is 15.9. The summed E-state index contributed by atoms with van der Waals surface area (Å²) in [6.07, 6.45) is 10.1. The van der Waals surface area contributed by atoms with E-state index in [1.165, 1.54) is 25.7 Å². The molecule has 0 saturated carbocycles. The number of carbonyl (C=O) groups is 1. The van der Waals surface area contributed by atoms with Crippen molar-refractivity contribution in [3.63, 3.8) is 0 Å². The SMILES string of the molecule is CCCCCCCCC(NC1CCNCC1)C(=O)O. The zero-order chi connectivity index (χ0) is 13.9. The van der Waals surface area contributed by atoms with Crippen LogP contribution in [-0.2, 0) is 4.79 Å². The minimum absolute atomic E-state index is 0.353. The van der Waals surface area contributed by atoms with Gasteiger partial charge in [-0.25, -0.2) is 0 Å². The minimum atomic E-state index is -0.688. The molecular weight excluding hydrogens is 240 g/mol. The third-order valence-electron chi connectivity index (χ3n) is 3.92. The Balaban J connectivity index is 2.15. The summed E-state index contributed by atoms with van der Waals surface area (Å²) >= 11 is 0. The molecule has 1 unspecified atom stereocenters. The highest BCUT2D eigenvalue weighted by Crippen LogP contribution is 2.11. The van der Waals surface area contributed by atoms with Gasteiger partial charge in [0.1, 0.15) is 6.04 Å². The Hall–Kier alpha value is -0.610. The van der Waals surface area contributed by atoms with Crippen LogP contribution >= 0.6 is 0 Å². The second kappa shape index (κ2) is 10.2. The maximum absolute atomic E-state index is 11.3. The van der Waals surface area contributed by atoms with Gasteiger partial charge in [-0.1, -0.05) is 45.4 Å². The Morgan fingerprint density at radius 2 is 1.84 bits per heavy atom. The van der Waals surface area contributed by atoms with Crippen LogP contribution in [0.25, 0.3) is 0 Å². The molecule has 0 aromatic heterocycles. The topological polar surface area (TPSA) is 61.4 Å². The van der Waals surface area contributed by atoms with Crippen molar-refractivity contribution in [2.75, 3.05) is 13.1 Å². The molecular formula is C15H30N2O2. The third kappa shape index (κ3) is 7.53. The quantitative estimate of drug-likeness (QED) is 0.534. The fraction of sp³-hybridized carbons (Fsp3) is 0.933. The molecule has 3 N–H and O–H groups in total. The largest absolute Gasteiger partial charge is 0.480 e. The molecule has 1 aliphatic rings. The smallest absolute Gasteiger partial charge is 0.320 e. The molecule has 1 saturated heterocycles. The molecule has 0 radical (unpaired) electrons. The van der Waals surface area contributed by atoms with E-state index in [9.17, 15) is 9.90 Å². The number of unbranched alkanes of at least 4 members (excludes halogenated alkanes) is 5. The number of nitrogens with one attached hydrogen (secondary N) is 2. The Bertz CT molecular complexity index is 240. The van der Waals surface area contributed by atoms with Crippen LogP contribution in [0.4, 0.5) is 0 Å². The Kier molecular flexibility index (Phi) is 8.84. The monoisotopic (exact) mass is 270 g/mol. The molecule has 4 heteroatoms. The number of carboxylic acid groups (broad SMARTS) is 1. The highest BCUT2D eigenvalue weighted by molar-refractivity contribution is 5.73. The average Bonchev–Trinajstić information content (AvgIpc) is 2.42. The van der Waals surface area contributed by atoms with Gasteiger partial charge in [-0.2, -0.15) is 0 Å². The van der Waals surface area contributed by atoms with Gasteiger partial charge in [0.15, 0.2) is 0 Å². The summed E-state index contributed by atoms with van der Waals surface area (Å²) in [4.78, 5) is 11.3. The maximum Gasteiger partial charge on any atom is 0.320 e. The number of hydrogen-bond donors (Lipinski definition) is 3. The molecule has 1 heterocycles. The number of hydrogen-bond acceptors (Lipinski definition) is 3. The summed E-state index contributed by atoms with van der Waals surface area (Å²) in [6.45, 7) is 4.21. The average molecular weight is 270 g/mol. The lowest BCUT2D eigenvalue weighted by Crippen LogP contribution is -2.47. The van der Waals surface area contributed by atoms with Crippen LogP contribution in [0.2, 0.25) is 0 Å². The summed E-state index contributed by atoms with van der Waals surface area (Å²) in [5.74, 6) is -0.688. The highest BCUT2D eigenvalue weighted by atomic mass is 16.4. The zero-order valence-electron chi connectivity index (χ0n) is 12.3. The minimum Gasteiger partial charge on any atom is -0.480 e. The first-order valence-corrected chi connectivity index (χ1v) is 7.93. The standard InChI is InChI=1S/C15H30N2O2/c1-2-3-4-5-6-7-8-14(15(18)19)17-13-9-11-16-12-10-13/h13-14,16-17H,2-12H2,1H3,(H,18,19). The van der Waals surface area contributed by atoms with Gasteiger partial charge in [-0.05, 0) is 32.4 Å². The van der Waals surface area contributed by atoms with Crippen LogP contribution in [0, 0.1) is 0 Å². The van der Waals surface area contributed by atoms with Crippen molar-refractivity contribution >= 4 is 5.97 Å². The van der Waals surface area contributed by atoms with Gasteiger partial charge in [0.2, 0.25) is 0 Å². The highest BCUT2D eigenvalue weighted by Gasteiger charge is 2.22. The van der Waals surface area contributed by atoms with Gasteiger partial charge in [-0.3, -0.25) is 4.79 Å². The van der Waals surface area contributed by atoms with Crippen molar-refractivity contribution < 1.29 is 9.90 Å². The van der Waals surface area contributed by atoms with E-state index in [0.29, 0.717) is 6.04 Å². The van der Waals surface area contributed by atoms with Crippen molar-refractivity contribution in [2.24, 2.45) is 0 Å². The first-order chi connectivity index (χ1) is 9.24. The van der Waals surface area contributed by atoms with Crippen molar-refractivity contribution in [2.45, 2.75) is 76.8 Å². The second-order valence-electron chi connectivity index (χ2n) is 5.64. The molecule has 0 aromatic rings. The van der Waals surface area contributed by atoms with Crippen LogP contribution in [0.3, 0.4) is 0 Å². The van der Waals surface area contributed by atoms with E-state index < -0.39 is 5.97 Å². The summed E-state index contributed by atoms with van der Waals surface area (Å²) in [7, 11) is 0. The molecule has 1 atom stereocenters. The van der Waals surface area contributed by atoms with Crippen LogP contribution in [0.1, 0.15) is 64.7 Å². The zero-order valence-corrected chi connectivity index (χ0v) is 12.3. The number of rotatable bonds is 10. The van der Waals surface area contributed by atoms with Crippen molar-refractivity contribution in [3.8, 4) is 0 Å². The van der Waals surface area contributed by atoms with Gasteiger partial charge in [0.25, 0.3) is 0 Å². The Morgan fingerprint density at radius 1 is 1.21 bits per heavy atom. The molecule has 1 rings (SSSR count). The van der Waals surface area contributed by atoms with E-state index in [2.05, 4.69) is 17.6 Å². The number of piperidine rings is 1. The van der Waals surface area contributed by atoms with Crippen LogP contribution in [0.15, 0.2) is 0 Å². The molecule has 1 aliphatic heterocycles. The van der Waals surface area contributed by atoms with E-state index in [1.807, 2.05) is 0 Å². The fourth-order valence-corrected chi connectivity index (χ4v) is 2.68. The van der Waals surface area contributed by atoms with Crippen LogP contribution in [0.5, 0.6) is 0 Å². The normalized spacial score (nSPS) is 18.4. The first-order valence-electron chi connectivity index (χ1n) is 7.93. The molecule has 0 amide bonds. The summed E-state index contributed by atoms with van der Waals surface area (Å²) < 4.78 is 0. The number of aliphatic carboxylic acids is 1. The van der Waals surface area contributed by atoms with Crippen LogP contribution < -0.4 is 10.6 Å². The second-order valence-corrected chi connectivity index (χ2v) is 5.64. The van der Waals surface area contributed by atoms with E-state index in [1.54, 1.807) is 0 Å². The number of carboxylic acids is 1. The molecule has 1 fully saturated rings. The fourth-order valence-electron chi connectivity index (χ4n) is 2.68. The molecule has 19 heavy (non-hydrogen) atoms. The van der Waals surface area contributed by atoms with Crippen molar-refractivity contribution in [3.05, 3.63) is 0 Å². The van der Waals surface area contributed by atoms with E-state index >= 15 is 0 Å². The van der Waals surface area contributed by atoms with Gasteiger partial charge in [0, 0.05) is 6.04 Å². The lowest BCUT2D eigenvalue weighted by molar-refractivity contribution is -0.140. The lowest BCUT2D eigenvalue weighted by Gasteiger charge is -2.27. The molecule has 0 spiro atoms. The van der Waals surface area contributed by atoms with Gasteiger partial charge < -0.3 is 15.7 Å². The van der Waals surface area contributed by atoms with Crippen molar-refractivity contribution in [1.82, 2.24) is 10.6 Å². The van der Waals surface area contributed by atoms with E-state index in [0.717, 1.165) is 45.2 Å².